The SMILES string of the molecule is CCN(CC)C(=O)c1ccc(NC(=O)Cc2c(C)noc2C)cc1. The van der Waals surface area contributed by atoms with Gasteiger partial charge < -0.3 is 14.7 Å². The van der Waals surface area contributed by atoms with Crippen LogP contribution in [-0.4, -0.2) is 35.0 Å². The van der Waals surface area contributed by atoms with Gasteiger partial charge in [-0.2, -0.15) is 0 Å². The lowest BCUT2D eigenvalue weighted by Gasteiger charge is -2.18. The number of carbonyl (C=O) groups excluding carboxylic acids is 2. The van der Waals surface area contributed by atoms with Crippen LogP contribution >= 0.6 is 0 Å². The minimum atomic E-state index is -0.146. The minimum Gasteiger partial charge on any atom is -0.361 e. The van der Waals surface area contributed by atoms with E-state index in [0.29, 0.717) is 30.1 Å². The van der Waals surface area contributed by atoms with Gasteiger partial charge in [0, 0.05) is 29.9 Å². The van der Waals surface area contributed by atoms with Crippen molar-refractivity contribution in [3.05, 3.63) is 46.8 Å². The van der Waals surface area contributed by atoms with Crippen LogP contribution in [-0.2, 0) is 11.2 Å². The Morgan fingerprint density at radius 2 is 1.75 bits per heavy atom. The summed E-state index contributed by atoms with van der Waals surface area (Å²) in [4.78, 5) is 26.2. The predicted octanol–water partition coefficient (Wildman–Crippen LogP) is 2.95. The van der Waals surface area contributed by atoms with Crippen LogP contribution < -0.4 is 5.32 Å². The number of rotatable bonds is 6. The van der Waals surface area contributed by atoms with Crippen LogP contribution in [0.2, 0.25) is 0 Å². The van der Waals surface area contributed by atoms with Gasteiger partial charge in [0.15, 0.2) is 0 Å². The summed E-state index contributed by atoms with van der Waals surface area (Å²) in [5, 5.41) is 6.67. The Labute approximate surface area is 141 Å². The maximum atomic E-state index is 12.2. The number of hydrogen-bond donors (Lipinski definition) is 1. The maximum Gasteiger partial charge on any atom is 0.253 e. The van der Waals surface area contributed by atoms with Crippen molar-refractivity contribution < 1.29 is 14.1 Å². The fraction of sp³-hybridized carbons (Fsp3) is 0.389. The van der Waals surface area contributed by atoms with Crippen molar-refractivity contribution in [2.45, 2.75) is 34.1 Å². The molecule has 1 heterocycles. The molecule has 24 heavy (non-hydrogen) atoms. The molecule has 0 aliphatic heterocycles. The van der Waals surface area contributed by atoms with Crippen molar-refractivity contribution in [2.24, 2.45) is 0 Å². The minimum absolute atomic E-state index is 0.00593. The van der Waals surface area contributed by atoms with Gasteiger partial charge in [-0.15, -0.1) is 0 Å². The number of anilines is 1. The van der Waals surface area contributed by atoms with Crippen LogP contribution in [0.1, 0.15) is 41.2 Å². The number of amides is 2. The molecule has 1 N–H and O–H groups in total. The molecule has 0 radical (unpaired) electrons. The molecule has 2 aromatic rings. The number of aromatic nitrogens is 1. The molecule has 2 rings (SSSR count). The molecular formula is C18H23N3O3. The summed E-state index contributed by atoms with van der Waals surface area (Å²) in [6.45, 7) is 8.84. The van der Waals surface area contributed by atoms with Crippen LogP contribution in [0.3, 0.4) is 0 Å². The van der Waals surface area contributed by atoms with E-state index in [9.17, 15) is 9.59 Å². The Hall–Kier alpha value is -2.63. The standard InChI is InChI=1S/C18H23N3O3/c1-5-21(6-2)18(23)14-7-9-15(10-8-14)19-17(22)11-16-12(3)20-24-13(16)4/h7-10H,5-6,11H2,1-4H3,(H,19,22). The van der Waals surface area contributed by atoms with Crippen molar-refractivity contribution >= 4 is 17.5 Å². The molecule has 128 valence electrons. The number of hydrogen-bond acceptors (Lipinski definition) is 4. The monoisotopic (exact) mass is 329 g/mol. The molecule has 2 amide bonds. The second-order valence-electron chi connectivity index (χ2n) is 5.58. The summed E-state index contributed by atoms with van der Waals surface area (Å²) in [7, 11) is 0. The van der Waals surface area contributed by atoms with E-state index in [1.165, 1.54) is 0 Å². The number of aryl methyl sites for hydroxylation is 2. The topological polar surface area (TPSA) is 75.4 Å². The van der Waals surface area contributed by atoms with Crippen molar-refractivity contribution in [1.29, 1.82) is 0 Å². The zero-order valence-electron chi connectivity index (χ0n) is 14.5. The molecule has 0 aliphatic rings. The molecule has 0 spiro atoms. The van der Waals surface area contributed by atoms with Gasteiger partial charge in [-0.05, 0) is 52.0 Å². The van der Waals surface area contributed by atoms with Gasteiger partial charge in [0.1, 0.15) is 5.76 Å². The van der Waals surface area contributed by atoms with Gasteiger partial charge in [-0.1, -0.05) is 5.16 Å². The van der Waals surface area contributed by atoms with Gasteiger partial charge in [-0.3, -0.25) is 9.59 Å². The third-order valence-corrected chi connectivity index (χ3v) is 3.98. The van der Waals surface area contributed by atoms with Gasteiger partial charge in [0.25, 0.3) is 5.91 Å². The highest BCUT2D eigenvalue weighted by atomic mass is 16.5. The lowest BCUT2D eigenvalue weighted by Crippen LogP contribution is -2.30. The van der Waals surface area contributed by atoms with Gasteiger partial charge in [0.05, 0.1) is 12.1 Å². The summed E-state index contributed by atoms with van der Waals surface area (Å²) in [5.74, 6) is 0.503. The molecule has 0 bridgehead atoms. The van der Waals surface area contributed by atoms with E-state index in [4.69, 9.17) is 4.52 Å². The molecule has 0 aliphatic carbocycles. The Balaban J connectivity index is 2.01. The summed E-state index contributed by atoms with van der Waals surface area (Å²) >= 11 is 0. The Morgan fingerprint density at radius 3 is 2.25 bits per heavy atom. The second-order valence-corrected chi connectivity index (χ2v) is 5.58. The highest BCUT2D eigenvalue weighted by Gasteiger charge is 2.15. The molecule has 0 unspecified atom stereocenters. The molecule has 0 fully saturated rings. The average Bonchev–Trinajstić information content (AvgIpc) is 2.88. The fourth-order valence-electron chi connectivity index (χ4n) is 2.51. The van der Waals surface area contributed by atoms with E-state index < -0.39 is 0 Å². The quantitative estimate of drug-likeness (QED) is 0.884. The van der Waals surface area contributed by atoms with Gasteiger partial charge in [-0.25, -0.2) is 0 Å². The van der Waals surface area contributed by atoms with E-state index in [-0.39, 0.29) is 18.2 Å². The van der Waals surface area contributed by atoms with Crippen LogP contribution in [0.25, 0.3) is 0 Å². The molecule has 6 heteroatoms. The van der Waals surface area contributed by atoms with E-state index in [1.54, 1.807) is 36.1 Å². The van der Waals surface area contributed by atoms with E-state index >= 15 is 0 Å². The highest BCUT2D eigenvalue weighted by molar-refractivity contribution is 5.96. The first-order chi connectivity index (χ1) is 11.5. The number of nitrogens with one attached hydrogen (secondary N) is 1. The fourth-order valence-corrected chi connectivity index (χ4v) is 2.51. The van der Waals surface area contributed by atoms with Crippen molar-refractivity contribution in [3.8, 4) is 0 Å². The number of carbonyl (C=O) groups is 2. The lowest BCUT2D eigenvalue weighted by molar-refractivity contribution is -0.115. The smallest absolute Gasteiger partial charge is 0.253 e. The molecule has 0 saturated heterocycles. The number of benzene rings is 1. The maximum absolute atomic E-state index is 12.2. The van der Waals surface area contributed by atoms with Gasteiger partial charge in [0.2, 0.25) is 5.91 Å². The zero-order chi connectivity index (χ0) is 17.7. The molecular weight excluding hydrogens is 306 g/mol. The average molecular weight is 329 g/mol. The highest BCUT2D eigenvalue weighted by Crippen LogP contribution is 2.15. The Kier molecular flexibility index (Phi) is 5.73. The molecule has 0 saturated carbocycles. The summed E-state index contributed by atoms with van der Waals surface area (Å²) < 4.78 is 5.06. The lowest BCUT2D eigenvalue weighted by atomic mass is 10.1. The summed E-state index contributed by atoms with van der Waals surface area (Å²) in [5.41, 5.74) is 2.80. The van der Waals surface area contributed by atoms with E-state index in [0.717, 1.165) is 11.3 Å². The first-order valence-corrected chi connectivity index (χ1v) is 8.07. The third-order valence-electron chi connectivity index (χ3n) is 3.98. The summed E-state index contributed by atoms with van der Waals surface area (Å²) in [6.07, 6.45) is 0.210. The molecule has 1 aromatic carbocycles. The summed E-state index contributed by atoms with van der Waals surface area (Å²) in [6, 6.07) is 6.93. The van der Waals surface area contributed by atoms with E-state index in [1.807, 2.05) is 20.8 Å². The van der Waals surface area contributed by atoms with Crippen LogP contribution in [0.4, 0.5) is 5.69 Å². The van der Waals surface area contributed by atoms with Crippen LogP contribution in [0.5, 0.6) is 0 Å². The molecule has 6 nitrogen and oxygen atoms in total. The van der Waals surface area contributed by atoms with Crippen molar-refractivity contribution in [3.63, 3.8) is 0 Å². The first kappa shape index (κ1) is 17.7. The first-order valence-electron chi connectivity index (χ1n) is 8.07. The largest absolute Gasteiger partial charge is 0.361 e. The van der Waals surface area contributed by atoms with Crippen molar-refractivity contribution in [2.75, 3.05) is 18.4 Å². The molecule has 0 atom stereocenters. The van der Waals surface area contributed by atoms with Crippen LogP contribution in [0, 0.1) is 13.8 Å². The van der Waals surface area contributed by atoms with E-state index in [2.05, 4.69) is 10.5 Å². The number of nitrogens with zero attached hydrogens (tertiary/aromatic N) is 2. The Morgan fingerprint density at radius 1 is 1.12 bits per heavy atom. The normalized spacial score (nSPS) is 10.5. The molecule has 1 aromatic heterocycles. The predicted molar refractivity (Wildman–Crippen MR) is 92.0 cm³/mol. The second kappa shape index (κ2) is 7.77. The van der Waals surface area contributed by atoms with Gasteiger partial charge >= 0.3 is 0 Å². The third kappa shape index (κ3) is 4.01. The van der Waals surface area contributed by atoms with Crippen LogP contribution in [0.15, 0.2) is 28.8 Å². The van der Waals surface area contributed by atoms with Crippen molar-refractivity contribution in [1.82, 2.24) is 10.1 Å². The zero-order valence-corrected chi connectivity index (χ0v) is 14.5. The Bertz CT molecular complexity index is 696.